The lowest BCUT2D eigenvalue weighted by Crippen LogP contribution is -2.46. The number of carbonyl (C=O) groups excluding carboxylic acids is 1. The summed E-state index contributed by atoms with van der Waals surface area (Å²) in [7, 11) is 0. The molecule has 0 saturated carbocycles. The fourth-order valence-electron chi connectivity index (χ4n) is 7.31. The Labute approximate surface area is 274 Å². The number of carboxylic acid groups (broad SMARTS) is 2. The predicted molar refractivity (Wildman–Crippen MR) is 178 cm³/mol. The van der Waals surface area contributed by atoms with Gasteiger partial charge in [0.25, 0.3) is 0 Å². The van der Waals surface area contributed by atoms with Crippen LogP contribution in [0.2, 0.25) is 0 Å². The van der Waals surface area contributed by atoms with Crippen LogP contribution in [0.1, 0.15) is 81.9 Å². The lowest BCUT2D eigenvalue weighted by molar-refractivity contribution is -0.138. The van der Waals surface area contributed by atoms with Gasteiger partial charge >= 0.3 is 11.9 Å². The fourth-order valence-corrected chi connectivity index (χ4v) is 7.75. The third-order valence-electron chi connectivity index (χ3n) is 10.0. The molecule has 0 bridgehead atoms. The Kier molecular flexibility index (Phi) is 10.4. The number of nitrogens with one attached hydrogen (secondary N) is 4. The number of thiol groups is 1. The number of hydrogen-bond acceptors (Lipinski definition) is 9. The van der Waals surface area contributed by atoms with E-state index < -0.39 is 29.6 Å². The second-order valence-electron chi connectivity index (χ2n) is 13.0. The zero-order valence-corrected chi connectivity index (χ0v) is 27.9. The number of aromatic nitrogens is 1. The van der Waals surface area contributed by atoms with Gasteiger partial charge < -0.3 is 47.1 Å². The van der Waals surface area contributed by atoms with Gasteiger partial charge in [-0.25, -0.2) is 0 Å². The predicted octanol–water partition coefficient (Wildman–Crippen LogP) is 2.97. The second kappa shape index (κ2) is 13.6. The molecule has 0 spiro atoms. The molecule has 3 aliphatic heterocycles. The van der Waals surface area contributed by atoms with Gasteiger partial charge in [-0.15, -0.1) is 0 Å². The molecule has 1 saturated heterocycles. The first-order valence-electron chi connectivity index (χ1n) is 15.6. The topological polar surface area (TPSA) is 210 Å². The molecule has 0 aromatic carbocycles. The van der Waals surface area contributed by atoms with E-state index in [0.29, 0.717) is 29.1 Å². The van der Waals surface area contributed by atoms with Crippen molar-refractivity contribution in [1.82, 2.24) is 20.9 Å². The van der Waals surface area contributed by atoms with Crippen LogP contribution in [0.25, 0.3) is 6.08 Å². The molecule has 4 heterocycles. The quantitative estimate of drug-likeness (QED) is 0.140. The first-order valence-corrected chi connectivity index (χ1v) is 16.1. The maximum absolute atomic E-state index is 12.6. The van der Waals surface area contributed by atoms with Gasteiger partial charge in [0.2, 0.25) is 5.91 Å². The standard InChI is InChI=1S/C33H47N5O7S/c1-7-20-32(44)37-24(33(20,6)45)13-21-14(2)18(8-10-25(39)40)22(35-21)12-23-19(9-11-26(41)42)15(3)29(36-23)28(34)30-27(17(5)46)16(4)31(43)38-30/h7,12,16-17,21,24,27-28,30,35-37,44-46H,1,8-11,13,34H2,2-6H3,(H,38,43)(H,39,40)(H,41,42)/b22-12-/t16-,17?,21?,24-,27+,28+,30?,33+/m1/s1. The highest BCUT2D eigenvalue weighted by atomic mass is 32.1. The Morgan fingerprint density at radius 3 is 2.33 bits per heavy atom. The summed E-state index contributed by atoms with van der Waals surface area (Å²) in [6.45, 7) is 12.9. The van der Waals surface area contributed by atoms with E-state index in [1.165, 1.54) is 6.08 Å². The summed E-state index contributed by atoms with van der Waals surface area (Å²) in [5.41, 5.74) is 11.0. The van der Waals surface area contributed by atoms with E-state index in [-0.39, 0.29) is 66.6 Å². The van der Waals surface area contributed by atoms with Crippen LogP contribution < -0.4 is 21.7 Å². The van der Waals surface area contributed by atoms with Gasteiger partial charge in [0.1, 0.15) is 5.60 Å². The maximum Gasteiger partial charge on any atom is 0.303 e. The molecule has 0 radical (unpaired) electrons. The van der Waals surface area contributed by atoms with Crippen LogP contribution in [0.3, 0.4) is 0 Å². The van der Waals surface area contributed by atoms with Crippen LogP contribution in [0.5, 0.6) is 0 Å². The van der Waals surface area contributed by atoms with Crippen molar-refractivity contribution in [2.45, 2.75) is 102 Å². The molecule has 252 valence electrons. The van der Waals surface area contributed by atoms with Crippen molar-refractivity contribution in [2.75, 3.05) is 0 Å². The average molecular weight is 658 g/mol. The van der Waals surface area contributed by atoms with Crippen LogP contribution in [-0.4, -0.2) is 72.2 Å². The van der Waals surface area contributed by atoms with E-state index in [2.05, 4.69) is 40.1 Å². The molecule has 3 aliphatic rings. The molecule has 12 nitrogen and oxygen atoms in total. The molecule has 1 fully saturated rings. The molecular formula is C33H47N5O7S. The van der Waals surface area contributed by atoms with E-state index in [1.54, 1.807) is 6.92 Å². The van der Waals surface area contributed by atoms with E-state index in [4.69, 9.17) is 5.73 Å². The van der Waals surface area contributed by atoms with E-state index >= 15 is 0 Å². The van der Waals surface area contributed by atoms with Crippen molar-refractivity contribution in [3.63, 3.8) is 0 Å². The first kappa shape index (κ1) is 35.2. The summed E-state index contributed by atoms with van der Waals surface area (Å²) >= 11 is 4.64. The third-order valence-corrected chi connectivity index (χ3v) is 10.4. The van der Waals surface area contributed by atoms with Crippen LogP contribution in [-0.2, 0) is 20.8 Å². The zero-order valence-electron chi connectivity index (χ0n) is 27.0. The lowest BCUT2D eigenvalue weighted by Gasteiger charge is -2.29. The van der Waals surface area contributed by atoms with Crippen LogP contribution in [0.15, 0.2) is 41.0 Å². The van der Waals surface area contributed by atoms with Crippen molar-refractivity contribution >= 4 is 36.6 Å². The number of amides is 1. The molecule has 8 atom stereocenters. The highest BCUT2D eigenvalue weighted by Crippen LogP contribution is 2.39. The van der Waals surface area contributed by atoms with E-state index in [0.717, 1.165) is 22.3 Å². The lowest BCUT2D eigenvalue weighted by atomic mass is 9.84. The number of nitrogens with two attached hydrogens (primary N) is 1. The number of hydrogen-bond donors (Lipinski definition) is 10. The zero-order chi connectivity index (χ0) is 34.2. The van der Waals surface area contributed by atoms with Gasteiger partial charge in [0.05, 0.1) is 18.1 Å². The number of aliphatic carboxylic acids is 2. The Balaban J connectivity index is 1.73. The fraction of sp³-hybridized carbons (Fsp3) is 0.545. The summed E-state index contributed by atoms with van der Waals surface area (Å²) in [4.78, 5) is 39.3. The summed E-state index contributed by atoms with van der Waals surface area (Å²) in [6, 6.07) is -1.86. The van der Waals surface area contributed by atoms with Crippen LogP contribution in [0, 0.1) is 18.8 Å². The van der Waals surface area contributed by atoms with Gasteiger partial charge in [0, 0.05) is 58.6 Å². The Bertz CT molecular complexity index is 1510. The highest BCUT2D eigenvalue weighted by Gasteiger charge is 2.46. The minimum absolute atomic E-state index is 0.0895. The van der Waals surface area contributed by atoms with Crippen LogP contribution >= 0.6 is 12.6 Å². The number of carbonyl (C=O) groups is 3. The minimum atomic E-state index is -1.39. The monoisotopic (exact) mass is 657 g/mol. The number of allylic oxidation sites excluding steroid dienone is 1. The number of H-pyrrole nitrogens is 1. The molecule has 0 aliphatic carbocycles. The molecule has 1 aromatic rings. The molecule has 46 heavy (non-hydrogen) atoms. The van der Waals surface area contributed by atoms with Gasteiger partial charge in [-0.1, -0.05) is 26.5 Å². The smallest absolute Gasteiger partial charge is 0.303 e. The number of aliphatic hydroxyl groups is 2. The highest BCUT2D eigenvalue weighted by molar-refractivity contribution is 7.80. The molecule has 4 rings (SSSR count). The van der Waals surface area contributed by atoms with Crippen LogP contribution in [0.4, 0.5) is 0 Å². The molecule has 1 amide bonds. The largest absolute Gasteiger partial charge is 0.495 e. The maximum atomic E-state index is 12.6. The SMILES string of the molecule is C=CC1=C(O)N[C@H](CC2N/C(=C\c3[nH]c([C@H](N)C4NC(=O)[C@H](C)[C@H]4C(C)S)c(C)c3CCC(=O)O)C(CCC(=O)O)=C2C)[C@@]1(C)O. The van der Waals surface area contributed by atoms with Crippen molar-refractivity contribution in [1.29, 1.82) is 0 Å². The Hall–Kier alpha value is -3.68. The van der Waals surface area contributed by atoms with Crippen molar-refractivity contribution < 1.29 is 34.8 Å². The van der Waals surface area contributed by atoms with E-state index in [1.807, 2.05) is 33.8 Å². The second-order valence-corrected chi connectivity index (χ2v) is 13.8. The normalized spacial score (nSPS) is 30.0. The van der Waals surface area contributed by atoms with Gasteiger partial charge in [-0.3, -0.25) is 14.4 Å². The minimum Gasteiger partial charge on any atom is -0.495 e. The summed E-state index contributed by atoms with van der Waals surface area (Å²) in [5, 5.41) is 50.0. The summed E-state index contributed by atoms with van der Waals surface area (Å²) < 4.78 is 0. The van der Waals surface area contributed by atoms with E-state index in [9.17, 15) is 34.8 Å². The first-order chi connectivity index (χ1) is 21.5. The third kappa shape index (κ3) is 6.72. The van der Waals surface area contributed by atoms with Gasteiger partial charge in [-0.2, -0.15) is 12.6 Å². The number of aliphatic hydroxyl groups excluding tert-OH is 1. The number of carboxylic acids is 2. The molecule has 13 heteroatoms. The summed E-state index contributed by atoms with van der Waals surface area (Å²) in [5.74, 6) is -2.52. The Morgan fingerprint density at radius 2 is 1.76 bits per heavy atom. The molecule has 10 N–H and O–H groups in total. The molecule has 3 unspecified atom stereocenters. The number of rotatable bonds is 13. The Morgan fingerprint density at radius 1 is 1.13 bits per heavy atom. The molecule has 1 aromatic heterocycles. The van der Waals surface area contributed by atoms with Crippen molar-refractivity contribution in [3.8, 4) is 0 Å². The van der Waals surface area contributed by atoms with Crippen molar-refractivity contribution in [2.24, 2.45) is 17.6 Å². The van der Waals surface area contributed by atoms with Crippen molar-refractivity contribution in [3.05, 3.63) is 63.5 Å². The van der Waals surface area contributed by atoms with Gasteiger partial charge in [-0.05, 0) is 68.4 Å². The van der Waals surface area contributed by atoms with Gasteiger partial charge in [0.15, 0.2) is 5.88 Å². The molecular weight excluding hydrogens is 610 g/mol. The average Bonchev–Trinajstić information content (AvgIpc) is 3.61. The summed E-state index contributed by atoms with van der Waals surface area (Å²) in [6.07, 6.45) is 3.90. The number of aromatic amines is 1.